The van der Waals surface area contributed by atoms with Gasteiger partial charge in [-0.15, -0.1) is 0 Å². The van der Waals surface area contributed by atoms with Gasteiger partial charge in [0.2, 0.25) is 5.91 Å². The van der Waals surface area contributed by atoms with Crippen LogP contribution in [0.15, 0.2) is 48.5 Å². The lowest BCUT2D eigenvalue weighted by molar-refractivity contribution is -0.116. The van der Waals surface area contributed by atoms with Crippen LogP contribution in [-0.2, 0) is 11.2 Å². The number of nitrogens with one attached hydrogen (secondary N) is 1. The zero-order valence-corrected chi connectivity index (χ0v) is 12.6. The summed E-state index contributed by atoms with van der Waals surface area (Å²) in [5, 5.41) is 2.92. The number of para-hydroxylation sites is 1. The number of halogens is 1. The summed E-state index contributed by atoms with van der Waals surface area (Å²) in [6.45, 7) is 0. The van der Waals surface area contributed by atoms with E-state index in [0.717, 1.165) is 20.5 Å². The van der Waals surface area contributed by atoms with E-state index in [1.807, 2.05) is 48.5 Å². The highest BCUT2D eigenvalue weighted by Gasteiger charge is 2.05. The molecule has 0 heterocycles. The molecule has 2 rings (SSSR count). The Labute approximate surface area is 126 Å². The molecule has 98 valence electrons. The van der Waals surface area contributed by atoms with E-state index in [1.165, 1.54) is 0 Å². The molecule has 2 aromatic carbocycles. The predicted octanol–water partition coefficient (Wildman–Crippen LogP) is 3.44. The van der Waals surface area contributed by atoms with E-state index in [0.29, 0.717) is 12.8 Å². The fourth-order valence-corrected chi connectivity index (χ4v) is 2.30. The highest BCUT2D eigenvalue weighted by molar-refractivity contribution is 14.1. The Kier molecular flexibility index (Phi) is 4.79. The third-order valence-electron chi connectivity index (χ3n) is 2.74. The van der Waals surface area contributed by atoms with Crippen molar-refractivity contribution in [3.63, 3.8) is 0 Å². The fraction of sp³-hybridized carbons (Fsp3) is 0.133. The van der Waals surface area contributed by atoms with Crippen LogP contribution in [0, 0.1) is 3.57 Å². The summed E-state index contributed by atoms with van der Waals surface area (Å²) in [5.41, 5.74) is 8.38. The Balaban J connectivity index is 1.90. The number of benzene rings is 2. The van der Waals surface area contributed by atoms with Crippen LogP contribution >= 0.6 is 22.6 Å². The number of nitrogen functional groups attached to an aromatic ring is 1. The Hall–Kier alpha value is -1.56. The van der Waals surface area contributed by atoms with Gasteiger partial charge in [0.05, 0.1) is 5.69 Å². The maximum absolute atomic E-state index is 11.9. The number of hydrogen-bond donors (Lipinski definition) is 2. The van der Waals surface area contributed by atoms with Crippen molar-refractivity contribution >= 4 is 39.9 Å². The van der Waals surface area contributed by atoms with Crippen molar-refractivity contribution in [2.45, 2.75) is 12.8 Å². The van der Waals surface area contributed by atoms with Gasteiger partial charge < -0.3 is 11.1 Å². The number of rotatable bonds is 4. The number of aryl methyl sites for hydroxylation is 1. The van der Waals surface area contributed by atoms with Gasteiger partial charge in [0.25, 0.3) is 0 Å². The molecule has 0 aliphatic rings. The minimum absolute atomic E-state index is 0.0199. The van der Waals surface area contributed by atoms with Gasteiger partial charge in [-0.1, -0.05) is 24.3 Å². The molecule has 0 atom stereocenters. The van der Waals surface area contributed by atoms with Gasteiger partial charge in [-0.3, -0.25) is 4.79 Å². The Morgan fingerprint density at radius 1 is 1.16 bits per heavy atom. The summed E-state index contributed by atoms with van der Waals surface area (Å²) in [6.07, 6.45) is 1.15. The smallest absolute Gasteiger partial charge is 0.224 e. The lowest BCUT2D eigenvalue weighted by atomic mass is 10.1. The van der Waals surface area contributed by atoms with Crippen molar-refractivity contribution in [2.75, 3.05) is 11.1 Å². The largest absolute Gasteiger partial charge is 0.399 e. The summed E-state index contributed by atoms with van der Waals surface area (Å²) in [7, 11) is 0. The lowest BCUT2D eigenvalue weighted by Gasteiger charge is -2.07. The number of hydrogen-bond acceptors (Lipinski definition) is 2. The molecule has 0 radical (unpaired) electrons. The molecule has 0 bridgehead atoms. The summed E-state index contributed by atoms with van der Waals surface area (Å²) in [5.74, 6) is 0.0199. The van der Waals surface area contributed by atoms with Gasteiger partial charge in [-0.05, 0) is 58.8 Å². The van der Waals surface area contributed by atoms with E-state index in [-0.39, 0.29) is 5.91 Å². The van der Waals surface area contributed by atoms with E-state index in [4.69, 9.17) is 5.73 Å². The first-order chi connectivity index (χ1) is 9.15. The summed E-state index contributed by atoms with van der Waals surface area (Å²) in [6, 6.07) is 15.4. The van der Waals surface area contributed by atoms with Gasteiger partial charge >= 0.3 is 0 Å². The van der Waals surface area contributed by atoms with E-state index < -0.39 is 0 Å². The van der Waals surface area contributed by atoms with Gasteiger partial charge in [0.15, 0.2) is 0 Å². The quantitative estimate of drug-likeness (QED) is 0.643. The Morgan fingerprint density at radius 2 is 1.95 bits per heavy atom. The molecule has 0 saturated carbocycles. The van der Waals surface area contributed by atoms with Gasteiger partial charge in [0, 0.05) is 15.7 Å². The normalized spacial score (nSPS) is 10.2. The molecule has 3 N–H and O–H groups in total. The average molecular weight is 366 g/mol. The molecule has 0 fully saturated rings. The monoisotopic (exact) mass is 366 g/mol. The average Bonchev–Trinajstić information content (AvgIpc) is 2.39. The van der Waals surface area contributed by atoms with Crippen LogP contribution in [0.25, 0.3) is 0 Å². The van der Waals surface area contributed by atoms with Crippen molar-refractivity contribution in [1.29, 1.82) is 0 Å². The van der Waals surface area contributed by atoms with E-state index in [1.54, 1.807) is 0 Å². The van der Waals surface area contributed by atoms with E-state index >= 15 is 0 Å². The maximum atomic E-state index is 11.9. The molecule has 0 aromatic heterocycles. The number of anilines is 2. The topological polar surface area (TPSA) is 55.1 Å². The minimum Gasteiger partial charge on any atom is -0.399 e. The molecule has 0 saturated heterocycles. The molecule has 2 aromatic rings. The third-order valence-corrected chi connectivity index (χ3v) is 3.68. The highest BCUT2D eigenvalue weighted by atomic mass is 127. The van der Waals surface area contributed by atoms with E-state index in [9.17, 15) is 4.79 Å². The second-order valence-electron chi connectivity index (χ2n) is 4.27. The van der Waals surface area contributed by atoms with Crippen molar-refractivity contribution in [3.05, 3.63) is 57.7 Å². The number of carbonyl (C=O) groups excluding carboxylic acids is 1. The van der Waals surface area contributed by atoms with Crippen molar-refractivity contribution in [3.8, 4) is 0 Å². The number of carbonyl (C=O) groups is 1. The Bertz CT molecular complexity index is 584. The molecule has 0 spiro atoms. The molecule has 0 aliphatic heterocycles. The molecule has 19 heavy (non-hydrogen) atoms. The van der Waals surface area contributed by atoms with Crippen LogP contribution in [0.5, 0.6) is 0 Å². The summed E-state index contributed by atoms with van der Waals surface area (Å²) in [4.78, 5) is 11.9. The van der Waals surface area contributed by atoms with Crippen LogP contribution < -0.4 is 11.1 Å². The van der Waals surface area contributed by atoms with Crippen LogP contribution in [-0.4, -0.2) is 5.91 Å². The minimum atomic E-state index is 0.0199. The van der Waals surface area contributed by atoms with Gasteiger partial charge in [-0.2, -0.15) is 0 Å². The molecule has 3 nitrogen and oxygen atoms in total. The Morgan fingerprint density at radius 3 is 2.68 bits per heavy atom. The second-order valence-corrected chi connectivity index (χ2v) is 5.44. The van der Waals surface area contributed by atoms with Crippen LogP contribution in [0.1, 0.15) is 12.0 Å². The first-order valence-electron chi connectivity index (χ1n) is 6.04. The molecule has 1 amide bonds. The lowest BCUT2D eigenvalue weighted by Crippen LogP contribution is -2.13. The predicted molar refractivity (Wildman–Crippen MR) is 87.0 cm³/mol. The van der Waals surface area contributed by atoms with Crippen molar-refractivity contribution in [2.24, 2.45) is 0 Å². The maximum Gasteiger partial charge on any atom is 0.224 e. The standard InChI is InChI=1S/C15H15IN2O/c16-13-6-1-2-7-14(13)18-15(19)9-8-11-4-3-5-12(17)10-11/h1-7,10H,8-9,17H2,(H,18,19). The van der Waals surface area contributed by atoms with Crippen LogP contribution in [0.2, 0.25) is 0 Å². The molecule has 4 heteroatoms. The number of nitrogens with two attached hydrogens (primary N) is 1. The van der Waals surface area contributed by atoms with Crippen LogP contribution in [0.4, 0.5) is 11.4 Å². The third kappa shape index (κ3) is 4.24. The summed E-state index contributed by atoms with van der Waals surface area (Å²) >= 11 is 2.21. The molecular weight excluding hydrogens is 351 g/mol. The second kappa shape index (κ2) is 6.56. The molecule has 0 aliphatic carbocycles. The zero-order valence-electron chi connectivity index (χ0n) is 10.4. The highest BCUT2D eigenvalue weighted by Crippen LogP contribution is 2.17. The first-order valence-corrected chi connectivity index (χ1v) is 7.12. The van der Waals surface area contributed by atoms with Gasteiger partial charge in [-0.25, -0.2) is 0 Å². The molecule has 0 unspecified atom stereocenters. The van der Waals surface area contributed by atoms with Crippen molar-refractivity contribution in [1.82, 2.24) is 0 Å². The first kappa shape index (κ1) is 13.9. The van der Waals surface area contributed by atoms with Gasteiger partial charge in [0.1, 0.15) is 0 Å². The zero-order chi connectivity index (χ0) is 13.7. The molecular formula is C15H15IN2O. The SMILES string of the molecule is Nc1cccc(CCC(=O)Nc2ccccc2I)c1. The van der Waals surface area contributed by atoms with Crippen molar-refractivity contribution < 1.29 is 4.79 Å². The fourth-order valence-electron chi connectivity index (χ4n) is 1.78. The van der Waals surface area contributed by atoms with E-state index in [2.05, 4.69) is 27.9 Å². The van der Waals surface area contributed by atoms with Crippen LogP contribution in [0.3, 0.4) is 0 Å². The summed E-state index contributed by atoms with van der Waals surface area (Å²) < 4.78 is 1.04. The number of amides is 1.